The molecule has 100 valence electrons. The van der Waals surface area contributed by atoms with Crippen molar-refractivity contribution in [3.8, 4) is 5.75 Å². The minimum Gasteiger partial charge on any atom is -0.482 e. The van der Waals surface area contributed by atoms with E-state index in [4.69, 9.17) is 15.7 Å². The van der Waals surface area contributed by atoms with Gasteiger partial charge in [0.2, 0.25) is 0 Å². The Morgan fingerprint density at radius 2 is 2.06 bits per heavy atom. The van der Waals surface area contributed by atoms with Crippen LogP contribution < -0.4 is 10.5 Å². The van der Waals surface area contributed by atoms with E-state index in [1.54, 1.807) is 6.92 Å². The summed E-state index contributed by atoms with van der Waals surface area (Å²) < 4.78 is 43.2. The quantitative estimate of drug-likeness (QED) is 0.379. The molecule has 3 N–H and O–H groups in total. The van der Waals surface area contributed by atoms with Crippen molar-refractivity contribution in [1.82, 2.24) is 0 Å². The van der Waals surface area contributed by atoms with Crippen molar-refractivity contribution < 1.29 is 23.1 Å². The third-order valence-corrected chi connectivity index (χ3v) is 2.28. The SMILES string of the molecule is CCC(Oc1ccccc1C(F)(F)F)C(N)=NO. The monoisotopic (exact) mass is 262 g/mol. The summed E-state index contributed by atoms with van der Waals surface area (Å²) in [5, 5.41) is 11.2. The second kappa shape index (κ2) is 5.61. The molecule has 0 heterocycles. The van der Waals surface area contributed by atoms with Gasteiger partial charge in [0, 0.05) is 0 Å². The zero-order valence-corrected chi connectivity index (χ0v) is 9.61. The number of hydrogen-bond acceptors (Lipinski definition) is 3. The van der Waals surface area contributed by atoms with Crippen molar-refractivity contribution in [3.63, 3.8) is 0 Å². The van der Waals surface area contributed by atoms with E-state index in [9.17, 15) is 13.2 Å². The molecule has 0 aliphatic heterocycles. The van der Waals surface area contributed by atoms with E-state index in [2.05, 4.69) is 5.16 Å². The number of rotatable bonds is 4. The summed E-state index contributed by atoms with van der Waals surface area (Å²) >= 11 is 0. The molecule has 0 saturated carbocycles. The zero-order chi connectivity index (χ0) is 13.8. The summed E-state index contributed by atoms with van der Waals surface area (Å²) in [5.74, 6) is -0.613. The molecule has 1 aromatic rings. The van der Waals surface area contributed by atoms with Gasteiger partial charge >= 0.3 is 6.18 Å². The van der Waals surface area contributed by atoms with Gasteiger partial charge in [0.1, 0.15) is 5.75 Å². The lowest BCUT2D eigenvalue weighted by Crippen LogP contribution is -2.34. The maximum atomic E-state index is 12.7. The van der Waals surface area contributed by atoms with Crippen LogP contribution in [0, 0.1) is 0 Å². The number of oxime groups is 1. The largest absolute Gasteiger partial charge is 0.482 e. The topological polar surface area (TPSA) is 67.8 Å². The van der Waals surface area contributed by atoms with Gasteiger partial charge in [-0.1, -0.05) is 24.2 Å². The highest BCUT2D eigenvalue weighted by molar-refractivity contribution is 5.84. The lowest BCUT2D eigenvalue weighted by atomic mass is 10.2. The lowest BCUT2D eigenvalue weighted by molar-refractivity contribution is -0.139. The molecule has 0 amide bonds. The molecule has 1 unspecified atom stereocenters. The van der Waals surface area contributed by atoms with Gasteiger partial charge in [-0.25, -0.2) is 0 Å². The molecule has 0 aliphatic rings. The summed E-state index contributed by atoms with van der Waals surface area (Å²) in [6.45, 7) is 1.65. The Kier molecular flexibility index (Phi) is 4.41. The smallest absolute Gasteiger partial charge is 0.419 e. The van der Waals surface area contributed by atoms with Crippen LogP contribution in [0.15, 0.2) is 29.4 Å². The normalized spacial score (nSPS) is 14.3. The lowest BCUT2D eigenvalue weighted by Gasteiger charge is -2.19. The standard InChI is InChI=1S/C11H13F3N2O2/c1-2-8(10(15)16-17)18-9-6-4-3-5-7(9)11(12,13)14/h3-6,8,17H,2H2,1H3,(H2,15,16). The van der Waals surface area contributed by atoms with Crippen LogP contribution in [0.3, 0.4) is 0 Å². The highest BCUT2D eigenvalue weighted by Gasteiger charge is 2.34. The highest BCUT2D eigenvalue weighted by atomic mass is 19.4. The Hall–Kier alpha value is -1.92. The summed E-state index contributed by atoms with van der Waals surface area (Å²) in [6, 6.07) is 4.79. The molecule has 1 aromatic carbocycles. The van der Waals surface area contributed by atoms with E-state index in [0.717, 1.165) is 6.07 Å². The molecule has 0 aromatic heterocycles. The van der Waals surface area contributed by atoms with Crippen molar-refractivity contribution >= 4 is 5.84 Å². The third-order valence-electron chi connectivity index (χ3n) is 2.28. The first-order chi connectivity index (χ1) is 8.40. The van der Waals surface area contributed by atoms with Gasteiger partial charge in [-0.15, -0.1) is 0 Å². The molecule has 0 aliphatic carbocycles. The molecule has 0 radical (unpaired) electrons. The van der Waals surface area contributed by atoms with Crippen LogP contribution >= 0.6 is 0 Å². The van der Waals surface area contributed by atoms with Crippen molar-refractivity contribution in [2.24, 2.45) is 10.9 Å². The maximum absolute atomic E-state index is 12.7. The van der Waals surface area contributed by atoms with Crippen LogP contribution in [0.1, 0.15) is 18.9 Å². The predicted molar refractivity (Wildman–Crippen MR) is 59.6 cm³/mol. The fourth-order valence-electron chi connectivity index (χ4n) is 1.37. The molecule has 0 spiro atoms. The van der Waals surface area contributed by atoms with Gasteiger partial charge < -0.3 is 15.7 Å². The molecule has 4 nitrogen and oxygen atoms in total. The average Bonchev–Trinajstić information content (AvgIpc) is 2.34. The Labute approximate surface area is 102 Å². The van der Waals surface area contributed by atoms with E-state index >= 15 is 0 Å². The van der Waals surface area contributed by atoms with Gasteiger partial charge in [0.05, 0.1) is 5.56 Å². The van der Waals surface area contributed by atoms with Crippen LogP contribution in [-0.4, -0.2) is 17.1 Å². The number of alkyl halides is 3. The van der Waals surface area contributed by atoms with E-state index in [-0.39, 0.29) is 18.0 Å². The number of para-hydroxylation sites is 1. The summed E-state index contributed by atoms with van der Waals surface area (Å²) in [7, 11) is 0. The van der Waals surface area contributed by atoms with Crippen LogP contribution in [0.4, 0.5) is 13.2 Å². The molecule has 0 saturated heterocycles. The van der Waals surface area contributed by atoms with E-state index in [1.807, 2.05) is 0 Å². The summed E-state index contributed by atoms with van der Waals surface area (Å²) in [5.41, 5.74) is 4.43. The predicted octanol–water partition coefficient (Wildman–Crippen LogP) is 2.61. The Bertz CT molecular complexity index is 433. The number of benzene rings is 1. The van der Waals surface area contributed by atoms with Crippen LogP contribution in [0.5, 0.6) is 5.75 Å². The van der Waals surface area contributed by atoms with E-state index in [0.29, 0.717) is 0 Å². The Balaban J connectivity index is 3.04. The molecule has 0 bridgehead atoms. The first-order valence-corrected chi connectivity index (χ1v) is 5.20. The molecular weight excluding hydrogens is 249 g/mol. The van der Waals surface area contributed by atoms with Gasteiger partial charge in [-0.3, -0.25) is 0 Å². The van der Waals surface area contributed by atoms with Gasteiger partial charge in [-0.2, -0.15) is 13.2 Å². The number of halogens is 3. The fraction of sp³-hybridized carbons (Fsp3) is 0.364. The number of nitrogens with two attached hydrogens (primary N) is 1. The van der Waals surface area contributed by atoms with Crippen LogP contribution in [0.2, 0.25) is 0 Å². The molecule has 0 fully saturated rings. The van der Waals surface area contributed by atoms with Gasteiger partial charge in [0.15, 0.2) is 11.9 Å². The van der Waals surface area contributed by atoms with Gasteiger partial charge in [0.25, 0.3) is 0 Å². The number of hydrogen-bond donors (Lipinski definition) is 2. The number of ether oxygens (including phenoxy) is 1. The van der Waals surface area contributed by atoms with E-state index < -0.39 is 17.8 Å². The fourth-order valence-corrected chi connectivity index (χ4v) is 1.37. The van der Waals surface area contributed by atoms with Crippen molar-refractivity contribution in [2.45, 2.75) is 25.6 Å². The second-order valence-corrected chi connectivity index (χ2v) is 3.53. The van der Waals surface area contributed by atoms with Gasteiger partial charge in [-0.05, 0) is 18.6 Å². The first kappa shape index (κ1) is 14.1. The van der Waals surface area contributed by atoms with Crippen molar-refractivity contribution in [1.29, 1.82) is 0 Å². The summed E-state index contributed by atoms with van der Waals surface area (Å²) in [6.07, 6.45) is -5.14. The molecule has 7 heteroatoms. The van der Waals surface area contributed by atoms with Crippen molar-refractivity contribution in [3.05, 3.63) is 29.8 Å². The molecule has 1 rings (SSSR count). The van der Waals surface area contributed by atoms with Crippen molar-refractivity contribution in [2.75, 3.05) is 0 Å². The molecule has 18 heavy (non-hydrogen) atoms. The number of nitrogens with zero attached hydrogens (tertiary/aromatic N) is 1. The highest BCUT2D eigenvalue weighted by Crippen LogP contribution is 2.36. The summed E-state index contributed by atoms with van der Waals surface area (Å²) in [4.78, 5) is 0. The minimum absolute atomic E-state index is 0.269. The Morgan fingerprint density at radius 3 is 2.56 bits per heavy atom. The maximum Gasteiger partial charge on any atom is 0.419 e. The third kappa shape index (κ3) is 3.28. The first-order valence-electron chi connectivity index (χ1n) is 5.20. The Morgan fingerprint density at radius 1 is 1.44 bits per heavy atom. The van der Waals surface area contributed by atoms with E-state index in [1.165, 1.54) is 18.2 Å². The zero-order valence-electron chi connectivity index (χ0n) is 9.61. The molecular formula is C11H13F3N2O2. The minimum atomic E-state index is -4.51. The van der Waals surface area contributed by atoms with Crippen LogP contribution in [0.25, 0.3) is 0 Å². The average molecular weight is 262 g/mol. The van der Waals surface area contributed by atoms with Crippen LogP contribution in [-0.2, 0) is 6.18 Å². The second-order valence-electron chi connectivity index (χ2n) is 3.53. The number of amidine groups is 1. The molecule has 1 atom stereocenters.